The van der Waals surface area contributed by atoms with Crippen LogP contribution in [0, 0.1) is 10.1 Å². The van der Waals surface area contributed by atoms with E-state index in [1.807, 2.05) is 55.1 Å². The molecule has 8 heteroatoms. The van der Waals surface area contributed by atoms with E-state index >= 15 is 0 Å². The molecule has 0 atom stereocenters. The van der Waals surface area contributed by atoms with E-state index in [9.17, 15) is 14.9 Å². The highest BCUT2D eigenvalue weighted by Crippen LogP contribution is 2.27. The molecule has 144 valence electrons. The highest BCUT2D eigenvalue weighted by Gasteiger charge is 2.17. The molecule has 0 heterocycles. The van der Waals surface area contributed by atoms with Gasteiger partial charge in [0.25, 0.3) is 5.69 Å². The van der Waals surface area contributed by atoms with Crippen molar-refractivity contribution in [3.05, 3.63) is 63.2 Å². The normalized spacial score (nSPS) is 10.7. The predicted octanol–water partition coefficient (Wildman–Crippen LogP) is 3.77. The van der Waals surface area contributed by atoms with Crippen LogP contribution in [0.2, 0.25) is 5.02 Å². The van der Waals surface area contributed by atoms with Crippen LogP contribution in [0.25, 0.3) is 0 Å². The van der Waals surface area contributed by atoms with Gasteiger partial charge in [-0.05, 0) is 36.4 Å². The Hall–Kier alpha value is -2.64. The fourth-order valence-electron chi connectivity index (χ4n) is 2.60. The first kappa shape index (κ1) is 20.7. The maximum atomic E-state index is 12.4. The summed E-state index contributed by atoms with van der Waals surface area (Å²) in [7, 11) is 3.96. The van der Waals surface area contributed by atoms with Crippen molar-refractivity contribution in [2.24, 2.45) is 0 Å². The van der Waals surface area contributed by atoms with Crippen molar-refractivity contribution in [2.75, 3.05) is 37.4 Å². The predicted molar refractivity (Wildman–Crippen MR) is 108 cm³/mol. The number of hydrogen-bond acceptors (Lipinski definition) is 5. The molecular weight excluding hydrogens is 368 g/mol. The zero-order valence-corrected chi connectivity index (χ0v) is 16.4. The van der Waals surface area contributed by atoms with E-state index in [1.165, 1.54) is 18.2 Å². The van der Waals surface area contributed by atoms with Crippen LogP contribution in [-0.2, 0) is 11.3 Å². The summed E-state index contributed by atoms with van der Waals surface area (Å²) in [6, 6.07) is 12.2. The molecule has 0 aliphatic rings. The summed E-state index contributed by atoms with van der Waals surface area (Å²) >= 11 is 5.89. The van der Waals surface area contributed by atoms with E-state index in [4.69, 9.17) is 11.6 Å². The molecule has 1 amide bonds. The second-order valence-electron chi connectivity index (χ2n) is 6.33. The summed E-state index contributed by atoms with van der Waals surface area (Å²) in [5.74, 6) is -0.327. The van der Waals surface area contributed by atoms with E-state index in [0.717, 1.165) is 11.3 Å². The van der Waals surface area contributed by atoms with E-state index in [2.05, 4.69) is 5.32 Å². The Balaban J connectivity index is 2.03. The molecule has 2 rings (SSSR count). The Kier molecular flexibility index (Phi) is 7.15. The molecule has 27 heavy (non-hydrogen) atoms. The molecule has 0 spiro atoms. The SMILES string of the molecule is CCN(CC(=O)Nc1cc(Cl)ccc1[N+](=O)[O-])Cc1ccc(N(C)C)cc1. The van der Waals surface area contributed by atoms with Gasteiger partial charge < -0.3 is 10.2 Å². The van der Waals surface area contributed by atoms with Crippen molar-refractivity contribution in [3.63, 3.8) is 0 Å². The third-order valence-electron chi connectivity index (χ3n) is 4.10. The molecule has 0 saturated carbocycles. The average Bonchev–Trinajstić information content (AvgIpc) is 2.61. The molecule has 0 aliphatic carbocycles. The lowest BCUT2D eigenvalue weighted by atomic mass is 10.2. The van der Waals surface area contributed by atoms with E-state index in [0.29, 0.717) is 18.1 Å². The maximum Gasteiger partial charge on any atom is 0.292 e. The summed E-state index contributed by atoms with van der Waals surface area (Å²) in [5.41, 5.74) is 2.11. The molecule has 2 aromatic rings. The van der Waals surface area contributed by atoms with Crippen LogP contribution in [0.4, 0.5) is 17.1 Å². The summed E-state index contributed by atoms with van der Waals surface area (Å²) in [4.78, 5) is 26.9. The van der Waals surface area contributed by atoms with E-state index in [-0.39, 0.29) is 23.8 Å². The lowest BCUT2D eigenvalue weighted by Crippen LogP contribution is -2.32. The van der Waals surface area contributed by atoms with Crippen LogP contribution in [0.3, 0.4) is 0 Å². The second kappa shape index (κ2) is 9.34. The van der Waals surface area contributed by atoms with Crippen molar-refractivity contribution < 1.29 is 9.72 Å². The van der Waals surface area contributed by atoms with Gasteiger partial charge in [0.05, 0.1) is 11.5 Å². The second-order valence-corrected chi connectivity index (χ2v) is 6.77. The minimum Gasteiger partial charge on any atom is -0.378 e. The fourth-order valence-corrected chi connectivity index (χ4v) is 2.77. The molecular formula is C19H23ClN4O3. The van der Waals surface area contributed by atoms with Crippen molar-refractivity contribution in [1.29, 1.82) is 0 Å². The molecule has 0 radical (unpaired) electrons. The molecule has 0 fully saturated rings. The number of likely N-dealkylation sites (N-methyl/N-ethyl adjacent to an activating group) is 1. The number of nitro groups is 1. The number of carbonyl (C=O) groups is 1. The topological polar surface area (TPSA) is 78.7 Å². The van der Waals surface area contributed by atoms with Crippen molar-refractivity contribution in [1.82, 2.24) is 4.90 Å². The first-order chi connectivity index (χ1) is 12.8. The number of hydrogen-bond donors (Lipinski definition) is 1. The van der Waals surface area contributed by atoms with E-state index < -0.39 is 4.92 Å². The number of anilines is 2. The zero-order valence-electron chi connectivity index (χ0n) is 15.6. The molecule has 1 N–H and O–H groups in total. The Morgan fingerprint density at radius 2 is 1.85 bits per heavy atom. The largest absolute Gasteiger partial charge is 0.378 e. The number of amides is 1. The maximum absolute atomic E-state index is 12.4. The highest BCUT2D eigenvalue weighted by atomic mass is 35.5. The Morgan fingerprint density at radius 1 is 1.19 bits per heavy atom. The summed E-state index contributed by atoms with van der Waals surface area (Å²) in [6.07, 6.45) is 0. The van der Waals surface area contributed by atoms with Crippen LogP contribution >= 0.6 is 11.6 Å². The average molecular weight is 391 g/mol. The smallest absolute Gasteiger partial charge is 0.292 e. The fraction of sp³-hybridized carbons (Fsp3) is 0.316. The summed E-state index contributed by atoms with van der Waals surface area (Å²) in [5, 5.41) is 14.0. The molecule has 0 aliphatic heterocycles. The van der Waals surface area contributed by atoms with Gasteiger partial charge in [-0.3, -0.25) is 19.8 Å². The van der Waals surface area contributed by atoms with Crippen LogP contribution in [0.1, 0.15) is 12.5 Å². The number of nitrogens with zero attached hydrogens (tertiary/aromatic N) is 3. The molecule has 0 aromatic heterocycles. The van der Waals surface area contributed by atoms with Crippen molar-refractivity contribution in [3.8, 4) is 0 Å². The lowest BCUT2D eigenvalue weighted by Gasteiger charge is -2.20. The van der Waals surface area contributed by atoms with Gasteiger partial charge in [0.15, 0.2) is 0 Å². The van der Waals surface area contributed by atoms with Crippen molar-refractivity contribution in [2.45, 2.75) is 13.5 Å². The Bertz CT molecular complexity index is 809. The number of nitro benzene ring substituents is 1. The third kappa shape index (κ3) is 5.94. The molecule has 7 nitrogen and oxygen atoms in total. The molecule has 0 saturated heterocycles. The molecule has 2 aromatic carbocycles. The summed E-state index contributed by atoms with van der Waals surface area (Å²) in [6.45, 7) is 3.36. The van der Waals surface area contributed by atoms with Gasteiger partial charge in [-0.25, -0.2) is 0 Å². The van der Waals surface area contributed by atoms with Gasteiger partial charge in [-0.15, -0.1) is 0 Å². The monoisotopic (exact) mass is 390 g/mol. The minimum absolute atomic E-state index is 0.101. The van der Waals surface area contributed by atoms with Gasteiger partial charge in [-0.2, -0.15) is 0 Å². The van der Waals surface area contributed by atoms with Crippen LogP contribution < -0.4 is 10.2 Å². The Labute approximate surface area is 163 Å². The number of rotatable bonds is 8. The minimum atomic E-state index is -0.546. The first-order valence-corrected chi connectivity index (χ1v) is 8.90. The van der Waals surface area contributed by atoms with Gasteiger partial charge in [0.1, 0.15) is 5.69 Å². The first-order valence-electron chi connectivity index (χ1n) is 8.52. The van der Waals surface area contributed by atoms with Crippen molar-refractivity contribution >= 4 is 34.6 Å². The number of halogens is 1. The third-order valence-corrected chi connectivity index (χ3v) is 4.34. The zero-order chi connectivity index (χ0) is 20.0. The van der Waals surface area contributed by atoms with E-state index in [1.54, 1.807) is 0 Å². The molecule has 0 bridgehead atoms. The van der Waals surface area contributed by atoms with Crippen LogP contribution in [0.5, 0.6) is 0 Å². The van der Waals surface area contributed by atoms with Gasteiger partial charge >= 0.3 is 0 Å². The van der Waals surface area contributed by atoms with Gasteiger partial charge in [0.2, 0.25) is 5.91 Å². The lowest BCUT2D eigenvalue weighted by molar-refractivity contribution is -0.383. The standard InChI is InChI=1S/C19H23ClN4O3/c1-4-23(12-14-5-8-16(9-6-14)22(2)3)13-19(25)21-17-11-15(20)7-10-18(17)24(26)27/h5-11H,4,12-13H2,1-3H3,(H,21,25). The summed E-state index contributed by atoms with van der Waals surface area (Å²) < 4.78 is 0. The molecule has 0 unspecified atom stereocenters. The number of carbonyl (C=O) groups excluding carboxylic acids is 1. The van der Waals surface area contributed by atoms with Gasteiger partial charge in [-0.1, -0.05) is 30.7 Å². The highest BCUT2D eigenvalue weighted by molar-refractivity contribution is 6.31. The Morgan fingerprint density at radius 3 is 2.41 bits per heavy atom. The number of nitrogens with one attached hydrogen (secondary N) is 1. The van der Waals surface area contributed by atoms with Crippen LogP contribution in [-0.4, -0.2) is 42.9 Å². The van der Waals surface area contributed by atoms with Gasteiger partial charge in [0, 0.05) is 37.4 Å². The number of benzene rings is 2. The van der Waals surface area contributed by atoms with Crippen LogP contribution in [0.15, 0.2) is 42.5 Å². The quantitative estimate of drug-likeness (QED) is 0.548.